The van der Waals surface area contributed by atoms with Crippen LogP contribution in [-0.4, -0.2) is 37.2 Å². The third-order valence-corrected chi connectivity index (χ3v) is 6.09. The molecule has 0 unspecified atom stereocenters. The number of anilines is 1. The smallest absolute Gasteiger partial charge is 0.255 e. The number of methoxy groups -OCH3 is 2. The minimum Gasteiger partial charge on any atom is -0.497 e. The summed E-state index contributed by atoms with van der Waals surface area (Å²) in [6.45, 7) is 0. The van der Waals surface area contributed by atoms with E-state index in [9.17, 15) is 9.18 Å². The fourth-order valence-corrected chi connectivity index (χ4v) is 4.61. The number of nitrogens with zero attached hydrogens (tertiary/aromatic N) is 1. The number of halogens is 1. The second-order valence-corrected chi connectivity index (χ2v) is 7.99. The summed E-state index contributed by atoms with van der Waals surface area (Å²) >= 11 is 1.42. The molecule has 3 aromatic rings. The van der Waals surface area contributed by atoms with Gasteiger partial charge in [-0.3, -0.25) is 4.79 Å². The van der Waals surface area contributed by atoms with Gasteiger partial charge in [0.25, 0.3) is 5.91 Å². The largest absolute Gasteiger partial charge is 0.497 e. The van der Waals surface area contributed by atoms with E-state index in [1.807, 2.05) is 0 Å². The van der Waals surface area contributed by atoms with Crippen LogP contribution in [0.25, 0.3) is 10.2 Å². The summed E-state index contributed by atoms with van der Waals surface area (Å²) in [5.74, 6) is 0.620. The summed E-state index contributed by atoms with van der Waals surface area (Å²) in [6, 6.07) is 9.74. The summed E-state index contributed by atoms with van der Waals surface area (Å²) in [5, 5.41) is 7.27. The van der Waals surface area contributed by atoms with Crippen LogP contribution in [-0.2, 0) is 0 Å². The molecule has 8 heteroatoms. The summed E-state index contributed by atoms with van der Waals surface area (Å²) in [6.07, 6.45) is 2.79. The molecule has 2 aromatic carbocycles. The van der Waals surface area contributed by atoms with E-state index in [0.29, 0.717) is 17.1 Å². The Bertz CT molecular complexity index is 1040. The summed E-state index contributed by atoms with van der Waals surface area (Å²) < 4.78 is 24.8. The normalized spacial score (nSPS) is 18.6. The van der Waals surface area contributed by atoms with E-state index in [1.54, 1.807) is 31.4 Å². The van der Waals surface area contributed by atoms with E-state index in [4.69, 9.17) is 9.47 Å². The Labute approximate surface area is 172 Å². The number of rotatable bonds is 6. The molecule has 1 aromatic heterocycles. The van der Waals surface area contributed by atoms with E-state index in [0.717, 1.165) is 34.6 Å². The standard InChI is InChI=1S/C21H22FN3O3S/c1-27-13-7-9-18(28-2)14(11-13)20(26)23-15-4-3-5-16(15)24-21-25-17-8-6-12(22)10-19(17)29-21/h6-11,15-16H,3-5H2,1-2H3,(H,23,26)(H,24,25)/t15-,16+/m0/s1. The predicted molar refractivity (Wildman–Crippen MR) is 112 cm³/mol. The number of fused-ring (bicyclic) bond motifs is 1. The molecular formula is C21H22FN3O3S. The summed E-state index contributed by atoms with van der Waals surface area (Å²) in [4.78, 5) is 17.4. The van der Waals surface area contributed by atoms with Crippen LogP contribution >= 0.6 is 11.3 Å². The van der Waals surface area contributed by atoms with E-state index in [2.05, 4.69) is 15.6 Å². The van der Waals surface area contributed by atoms with Crippen LogP contribution in [0, 0.1) is 5.82 Å². The number of amides is 1. The number of ether oxygens (including phenoxy) is 2. The van der Waals surface area contributed by atoms with Gasteiger partial charge in [0.1, 0.15) is 17.3 Å². The van der Waals surface area contributed by atoms with E-state index in [1.165, 1.54) is 30.6 Å². The highest BCUT2D eigenvalue weighted by atomic mass is 32.1. The lowest BCUT2D eigenvalue weighted by Gasteiger charge is -2.22. The van der Waals surface area contributed by atoms with Gasteiger partial charge in [0, 0.05) is 12.1 Å². The van der Waals surface area contributed by atoms with Crippen LogP contribution in [0.2, 0.25) is 0 Å². The number of hydrogen-bond acceptors (Lipinski definition) is 6. The van der Waals surface area contributed by atoms with Gasteiger partial charge < -0.3 is 20.1 Å². The van der Waals surface area contributed by atoms with Crippen molar-refractivity contribution in [3.63, 3.8) is 0 Å². The topological polar surface area (TPSA) is 72.5 Å². The molecule has 0 aliphatic heterocycles. The zero-order valence-corrected chi connectivity index (χ0v) is 17.0. The van der Waals surface area contributed by atoms with Crippen molar-refractivity contribution in [2.75, 3.05) is 19.5 Å². The van der Waals surface area contributed by atoms with Crippen molar-refractivity contribution in [3.05, 3.63) is 47.8 Å². The first-order valence-electron chi connectivity index (χ1n) is 9.43. The van der Waals surface area contributed by atoms with Crippen molar-refractivity contribution >= 4 is 32.6 Å². The van der Waals surface area contributed by atoms with Crippen molar-refractivity contribution < 1.29 is 18.7 Å². The van der Waals surface area contributed by atoms with Crippen molar-refractivity contribution in [2.45, 2.75) is 31.3 Å². The minimum absolute atomic E-state index is 0.0397. The molecule has 152 valence electrons. The second kappa shape index (κ2) is 8.24. The molecule has 1 saturated carbocycles. The average Bonchev–Trinajstić information content (AvgIpc) is 3.33. The zero-order chi connectivity index (χ0) is 20.4. The van der Waals surface area contributed by atoms with E-state index >= 15 is 0 Å². The Balaban J connectivity index is 1.49. The maximum absolute atomic E-state index is 13.4. The first-order chi connectivity index (χ1) is 14.1. The molecule has 1 amide bonds. The average molecular weight is 415 g/mol. The fourth-order valence-electron chi connectivity index (χ4n) is 3.66. The van der Waals surface area contributed by atoms with Crippen molar-refractivity contribution in [1.82, 2.24) is 10.3 Å². The van der Waals surface area contributed by atoms with Crippen molar-refractivity contribution in [1.29, 1.82) is 0 Å². The molecule has 0 bridgehead atoms. The number of hydrogen-bond donors (Lipinski definition) is 2. The maximum Gasteiger partial charge on any atom is 0.255 e. The molecule has 6 nitrogen and oxygen atoms in total. The van der Waals surface area contributed by atoms with Gasteiger partial charge in [-0.1, -0.05) is 11.3 Å². The lowest BCUT2D eigenvalue weighted by Crippen LogP contribution is -2.43. The van der Waals surface area contributed by atoms with Crippen LogP contribution in [0.4, 0.5) is 9.52 Å². The lowest BCUT2D eigenvalue weighted by molar-refractivity contribution is 0.0932. The van der Waals surface area contributed by atoms with Crippen LogP contribution < -0.4 is 20.1 Å². The Hall–Kier alpha value is -2.87. The third kappa shape index (κ3) is 4.12. The highest BCUT2D eigenvalue weighted by Crippen LogP contribution is 2.31. The lowest BCUT2D eigenvalue weighted by atomic mass is 10.1. The molecule has 1 aliphatic rings. The summed E-state index contributed by atoms with van der Waals surface area (Å²) in [7, 11) is 3.10. The fraction of sp³-hybridized carbons (Fsp3) is 0.333. The van der Waals surface area contributed by atoms with Gasteiger partial charge in [0.2, 0.25) is 0 Å². The molecule has 0 saturated heterocycles. The monoisotopic (exact) mass is 415 g/mol. The second-order valence-electron chi connectivity index (χ2n) is 6.96. The molecule has 4 rings (SSSR count). The molecule has 1 aliphatic carbocycles. The van der Waals surface area contributed by atoms with Crippen LogP contribution in [0.1, 0.15) is 29.6 Å². The van der Waals surface area contributed by atoms with Crippen molar-refractivity contribution in [3.8, 4) is 11.5 Å². The molecule has 0 radical (unpaired) electrons. The van der Waals surface area contributed by atoms with Crippen LogP contribution in [0.3, 0.4) is 0 Å². The van der Waals surface area contributed by atoms with Crippen molar-refractivity contribution in [2.24, 2.45) is 0 Å². The van der Waals surface area contributed by atoms with Gasteiger partial charge in [-0.05, 0) is 55.7 Å². The molecule has 1 fully saturated rings. The molecule has 1 heterocycles. The Morgan fingerprint density at radius 2 is 1.97 bits per heavy atom. The van der Waals surface area contributed by atoms with Gasteiger partial charge in [-0.25, -0.2) is 9.37 Å². The van der Waals surface area contributed by atoms with E-state index < -0.39 is 0 Å². The number of thiazole rings is 1. The SMILES string of the molecule is COc1ccc(OC)c(C(=O)N[C@H]2CCC[C@H]2Nc2nc3ccc(F)cc3s2)c1. The van der Waals surface area contributed by atoms with Crippen LogP contribution in [0.5, 0.6) is 11.5 Å². The Kier molecular flexibility index (Phi) is 5.53. The third-order valence-electron chi connectivity index (χ3n) is 5.14. The molecule has 2 atom stereocenters. The summed E-state index contributed by atoms with van der Waals surface area (Å²) in [5.41, 5.74) is 1.20. The highest BCUT2D eigenvalue weighted by Gasteiger charge is 2.30. The first-order valence-corrected chi connectivity index (χ1v) is 10.2. The van der Waals surface area contributed by atoms with E-state index in [-0.39, 0.29) is 23.8 Å². The quantitative estimate of drug-likeness (QED) is 0.631. The molecule has 0 spiro atoms. The number of aromatic nitrogens is 1. The highest BCUT2D eigenvalue weighted by molar-refractivity contribution is 7.22. The number of carbonyl (C=O) groups is 1. The van der Waals surface area contributed by atoms with Crippen LogP contribution in [0.15, 0.2) is 36.4 Å². The van der Waals surface area contributed by atoms with Gasteiger partial charge in [0.05, 0.1) is 30.0 Å². The van der Waals surface area contributed by atoms with Gasteiger partial charge >= 0.3 is 0 Å². The van der Waals surface area contributed by atoms with Gasteiger partial charge in [0.15, 0.2) is 5.13 Å². The van der Waals surface area contributed by atoms with Gasteiger partial charge in [-0.2, -0.15) is 0 Å². The minimum atomic E-state index is -0.272. The molecular weight excluding hydrogens is 393 g/mol. The molecule has 2 N–H and O–H groups in total. The Morgan fingerprint density at radius 3 is 2.76 bits per heavy atom. The van der Waals surface area contributed by atoms with Gasteiger partial charge in [-0.15, -0.1) is 0 Å². The number of carbonyl (C=O) groups excluding carboxylic acids is 1. The Morgan fingerprint density at radius 1 is 1.14 bits per heavy atom. The number of nitrogens with one attached hydrogen (secondary N) is 2. The zero-order valence-electron chi connectivity index (χ0n) is 16.2. The molecule has 29 heavy (non-hydrogen) atoms. The first kappa shape index (κ1) is 19.4. The predicted octanol–water partition coefficient (Wildman–Crippen LogP) is 4.22. The maximum atomic E-state index is 13.4. The number of benzene rings is 2.